The number of ether oxygens (including phenoxy) is 1. The number of guanidine groups is 1. The number of hydrogen-bond acceptors (Lipinski definition) is 5. The number of likely N-dealkylation sites (N-methyl/N-ethyl adjacent to an activating group) is 1. The van der Waals surface area contributed by atoms with E-state index in [1.807, 2.05) is 13.8 Å². The van der Waals surface area contributed by atoms with E-state index >= 15 is 0 Å². The van der Waals surface area contributed by atoms with E-state index in [4.69, 9.17) is 10.5 Å². The van der Waals surface area contributed by atoms with Gasteiger partial charge in [0.15, 0.2) is 11.5 Å². The Labute approximate surface area is 191 Å². The van der Waals surface area contributed by atoms with E-state index in [2.05, 4.69) is 34.2 Å². The number of amides is 1. The molecule has 168 valence electrons. The Morgan fingerprint density at radius 3 is 2.61 bits per heavy atom. The number of carbonyl (C=O) groups is 1. The zero-order valence-corrected chi connectivity index (χ0v) is 18.8. The molecule has 0 saturated heterocycles. The quantitative estimate of drug-likeness (QED) is 0.620. The molecule has 0 radical (unpaired) electrons. The molecule has 0 saturated carbocycles. The number of benzene rings is 2. The number of pyridine rings is 1. The van der Waals surface area contributed by atoms with E-state index < -0.39 is 17.1 Å². The number of nitrogens with two attached hydrogens (primary N) is 1. The van der Waals surface area contributed by atoms with Crippen LogP contribution in [0, 0.1) is 12.9 Å². The van der Waals surface area contributed by atoms with Crippen LogP contribution in [0.5, 0.6) is 5.75 Å². The number of rotatable bonds is 3. The molecule has 1 spiro atoms. The largest absolute Gasteiger partial charge is 0.487 e. The molecule has 0 bridgehead atoms. The average Bonchev–Trinajstić information content (AvgIpc) is 2.99. The van der Waals surface area contributed by atoms with Gasteiger partial charge in [0.2, 0.25) is 5.95 Å². The molecule has 3 aromatic rings. The summed E-state index contributed by atoms with van der Waals surface area (Å²) in [6.45, 7) is 4.03. The van der Waals surface area contributed by atoms with Crippen LogP contribution in [0.25, 0.3) is 11.1 Å². The predicted molar refractivity (Wildman–Crippen MR) is 124 cm³/mol. The average molecular weight is 445 g/mol. The van der Waals surface area contributed by atoms with Gasteiger partial charge >= 0.3 is 0 Å². The Bertz CT molecular complexity index is 1290. The van der Waals surface area contributed by atoms with Crippen LogP contribution in [0.2, 0.25) is 0 Å². The molecule has 1 aromatic heterocycles. The van der Waals surface area contributed by atoms with Crippen LogP contribution < -0.4 is 10.5 Å². The molecule has 33 heavy (non-hydrogen) atoms. The van der Waals surface area contributed by atoms with E-state index in [1.165, 1.54) is 16.7 Å². The number of nitrogens with zero attached hydrogens (tertiary/aromatic N) is 3. The maximum absolute atomic E-state index is 14.4. The molecular formula is C26H25FN4O2. The minimum absolute atomic E-state index is 0.156. The summed E-state index contributed by atoms with van der Waals surface area (Å²) in [4.78, 5) is 23.3. The third-order valence-electron chi connectivity index (χ3n) is 6.49. The van der Waals surface area contributed by atoms with Crippen molar-refractivity contribution in [3.63, 3.8) is 0 Å². The summed E-state index contributed by atoms with van der Waals surface area (Å²) in [6, 6.07) is 16.9. The molecule has 5 rings (SSSR count). The first-order valence-electron chi connectivity index (χ1n) is 10.8. The van der Waals surface area contributed by atoms with Gasteiger partial charge in [-0.2, -0.15) is 4.39 Å². The minimum atomic E-state index is -1.24. The van der Waals surface area contributed by atoms with E-state index in [9.17, 15) is 9.18 Å². The van der Waals surface area contributed by atoms with Crippen molar-refractivity contribution in [2.75, 3.05) is 7.05 Å². The summed E-state index contributed by atoms with van der Waals surface area (Å²) in [5, 5.41) is 0. The van der Waals surface area contributed by atoms with Gasteiger partial charge in [-0.1, -0.05) is 35.9 Å². The first-order valence-corrected chi connectivity index (χ1v) is 10.8. The lowest BCUT2D eigenvalue weighted by Crippen LogP contribution is -2.51. The van der Waals surface area contributed by atoms with E-state index in [-0.39, 0.29) is 11.9 Å². The van der Waals surface area contributed by atoms with Gasteiger partial charge in [-0.25, -0.2) is 9.98 Å². The van der Waals surface area contributed by atoms with Crippen LogP contribution in [-0.2, 0) is 16.8 Å². The maximum Gasteiger partial charge on any atom is 0.261 e. The standard InChI is InChI=1S/C26H25FN4O2/c1-16-6-8-17(9-7-16)14-25(2)15-26(23(32)31(3)24(28)30-26)20-13-18(10-11-21(20)33-25)19-5-4-12-29-22(19)27/h4-13H,14-15H2,1-3H3,(H2,28,30). The zero-order valence-electron chi connectivity index (χ0n) is 18.8. The van der Waals surface area contributed by atoms with Crippen molar-refractivity contribution in [2.24, 2.45) is 10.7 Å². The first kappa shape index (κ1) is 21.1. The fourth-order valence-electron chi connectivity index (χ4n) is 4.88. The number of aliphatic imine (C=N–C) groups is 1. The second-order valence-electron chi connectivity index (χ2n) is 9.14. The topological polar surface area (TPSA) is 80.8 Å². The summed E-state index contributed by atoms with van der Waals surface area (Å²) in [5.74, 6) is -0.0959. The third kappa shape index (κ3) is 3.44. The summed E-state index contributed by atoms with van der Waals surface area (Å²) >= 11 is 0. The van der Waals surface area contributed by atoms with Gasteiger partial charge in [0.1, 0.15) is 11.4 Å². The molecule has 0 fully saturated rings. The van der Waals surface area contributed by atoms with Gasteiger partial charge in [0, 0.05) is 37.2 Å². The first-order chi connectivity index (χ1) is 15.7. The van der Waals surface area contributed by atoms with Crippen LogP contribution in [-0.4, -0.2) is 34.4 Å². The molecule has 2 aliphatic heterocycles. The fourth-order valence-corrected chi connectivity index (χ4v) is 4.88. The van der Waals surface area contributed by atoms with E-state index in [0.717, 1.165) is 5.56 Å². The maximum atomic E-state index is 14.4. The number of carbonyl (C=O) groups excluding carboxylic acids is 1. The normalized spacial score (nSPS) is 23.9. The van der Waals surface area contributed by atoms with Crippen LogP contribution in [0.15, 0.2) is 65.8 Å². The highest BCUT2D eigenvalue weighted by molar-refractivity contribution is 6.07. The second kappa shape index (κ2) is 7.40. The van der Waals surface area contributed by atoms with Crippen LogP contribution in [0.1, 0.15) is 30.0 Å². The highest BCUT2D eigenvalue weighted by atomic mass is 19.1. The van der Waals surface area contributed by atoms with Crippen LogP contribution >= 0.6 is 0 Å². The van der Waals surface area contributed by atoms with Crippen molar-refractivity contribution in [1.82, 2.24) is 9.88 Å². The minimum Gasteiger partial charge on any atom is -0.487 e. The molecule has 2 N–H and O–H groups in total. The smallest absolute Gasteiger partial charge is 0.261 e. The number of aromatic nitrogens is 1. The van der Waals surface area contributed by atoms with E-state index in [0.29, 0.717) is 35.3 Å². The van der Waals surface area contributed by atoms with Gasteiger partial charge in [-0.15, -0.1) is 0 Å². The van der Waals surface area contributed by atoms with Gasteiger partial charge < -0.3 is 10.5 Å². The number of halogens is 1. The molecule has 3 heterocycles. The van der Waals surface area contributed by atoms with Crippen molar-refractivity contribution >= 4 is 11.9 Å². The Kier molecular flexibility index (Phi) is 4.74. The summed E-state index contributed by atoms with van der Waals surface area (Å²) in [6.07, 6.45) is 2.31. The molecule has 2 aliphatic rings. The molecule has 2 unspecified atom stereocenters. The van der Waals surface area contributed by atoms with E-state index in [1.54, 1.807) is 37.4 Å². The number of fused-ring (bicyclic) bond motifs is 2. The van der Waals surface area contributed by atoms with Gasteiger partial charge in [0.05, 0.1) is 0 Å². The molecular weight excluding hydrogens is 419 g/mol. The highest BCUT2D eigenvalue weighted by Crippen LogP contribution is 2.50. The lowest BCUT2D eigenvalue weighted by atomic mass is 9.74. The van der Waals surface area contributed by atoms with Crippen molar-refractivity contribution in [2.45, 2.75) is 37.8 Å². The fraction of sp³-hybridized carbons (Fsp3) is 0.269. The Morgan fingerprint density at radius 1 is 1.18 bits per heavy atom. The number of hydrogen-bond donors (Lipinski definition) is 1. The Morgan fingerprint density at radius 2 is 1.94 bits per heavy atom. The van der Waals surface area contributed by atoms with Gasteiger partial charge in [0.25, 0.3) is 5.91 Å². The lowest BCUT2D eigenvalue weighted by Gasteiger charge is -2.43. The summed E-state index contributed by atoms with van der Waals surface area (Å²) < 4.78 is 20.9. The predicted octanol–water partition coefficient (Wildman–Crippen LogP) is 3.96. The molecule has 0 aliphatic carbocycles. The second-order valence-corrected chi connectivity index (χ2v) is 9.14. The molecule has 1 amide bonds. The van der Waals surface area contributed by atoms with Crippen molar-refractivity contribution in [1.29, 1.82) is 0 Å². The van der Waals surface area contributed by atoms with Crippen molar-refractivity contribution in [3.05, 3.63) is 83.4 Å². The third-order valence-corrected chi connectivity index (χ3v) is 6.49. The Balaban J connectivity index is 1.64. The zero-order chi connectivity index (χ0) is 23.4. The SMILES string of the molecule is Cc1ccc(CC2(C)CC3(N=C(N)N(C)C3=O)c3cc(-c4cccnc4F)ccc3O2)cc1. The molecule has 2 atom stereocenters. The van der Waals surface area contributed by atoms with Crippen molar-refractivity contribution < 1.29 is 13.9 Å². The lowest BCUT2D eigenvalue weighted by molar-refractivity contribution is -0.133. The van der Waals surface area contributed by atoms with Gasteiger partial charge in [-0.3, -0.25) is 9.69 Å². The Hall–Kier alpha value is -3.74. The van der Waals surface area contributed by atoms with Gasteiger partial charge in [-0.05, 0) is 49.2 Å². The molecule has 6 nitrogen and oxygen atoms in total. The summed E-state index contributed by atoms with van der Waals surface area (Å²) in [7, 11) is 1.62. The highest BCUT2D eigenvalue weighted by Gasteiger charge is 2.56. The number of aryl methyl sites for hydroxylation is 1. The monoisotopic (exact) mass is 444 g/mol. The van der Waals surface area contributed by atoms with Crippen molar-refractivity contribution in [3.8, 4) is 16.9 Å². The van der Waals surface area contributed by atoms with Crippen LogP contribution in [0.3, 0.4) is 0 Å². The molecule has 7 heteroatoms. The summed E-state index contributed by atoms with van der Waals surface area (Å²) in [5.41, 5.74) is 7.98. The molecule has 2 aromatic carbocycles. The van der Waals surface area contributed by atoms with Crippen LogP contribution in [0.4, 0.5) is 4.39 Å².